The molecule has 0 unspecified atom stereocenters. The minimum absolute atomic E-state index is 0.0897. The Labute approximate surface area is 153 Å². The summed E-state index contributed by atoms with van der Waals surface area (Å²) in [5.41, 5.74) is 1.23. The first-order valence-corrected chi connectivity index (χ1v) is 9.26. The molecule has 138 valence electrons. The molecule has 1 aromatic carbocycles. The summed E-state index contributed by atoms with van der Waals surface area (Å²) in [5.74, 6) is 0.595. The van der Waals surface area contributed by atoms with Crippen molar-refractivity contribution in [3.05, 3.63) is 59.7 Å². The summed E-state index contributed by atoms with van der Waals surface area (Å²) in [4.78, 5) is 16.7. The van der Waals surface area contributed by atoms with E-state index in [2.05, 4.69) is 17.2 Å². The lowest BCUT2D eigenvalue weighted by molar-refractivity contribution is 0.0919. The Morgan fingerprint density at radius 2 is 2.08 bits per heavy atom. The third kappa shape index (κ3) is 5.04. The first-order chi connectivity index (χ1) is 12.6. The van der Waals surface area contributed by atoms with Gasteiger partial charge in [0.2, 0.25) is 0 Å². The number of rotatable bonds is 6. The van der Waals surface area contributed by atoms with Gasteiger partial charge in [-0.3, -0.25) is 9.78 Å². The van der Waals surface area contributed by atoms with Crippen LogP contribution in [0.25, 0.3) is 0 Å². The third-order valence-electron chi connectivity index (χ3n) is 4.99. The molecule has 5 heteroatoms. The van der Waals surface area contributed by atoms with Crippen LogP contribution in [0, 0.1) is 11.7 Å². The number of aromatic nitrogens is 1. The van der Waals surface area contributed by atoms with Gasteiger partial charge in [0.05, 0.1) is 11.3 Å². The molecule has 0 spiro atoms. The van der Waals surface area contributed by atoms with Crippen molar-refractivity contribution in [1.82, 2.24) is 10.3 Å². The summed E-state index contributed by atoms with van der Waals surface area (Å²) >= 11 is 0. The molecule has 1 aliphatic rings. The van der Waals surface area contributed by atoms with Gasteiger partial charge in [0.15, 0.2) is 0 Å². The number of ether oxygens (including phenoxy) is 1. The standard InChI is InChI=1S/C21H25FN2O2/c1-15(16-6-3-2-4-7-16)24-21(25)17-10-11-19(23-13-17)14-26-20-9-5-8-18(22)12-20/h5,8-13,15-16H,2-4,6-7,14H2,1H3,(H,24,25)/t15-/m1/s1. The number of amides is 1. The van der Waals surface area contributed by atoms with Gasteiger partial charge in [0.25, 0.3) is 5.91 Å². The van der Waals surface area contributed by atoms with Crippen molar-refractivity contribution in [3.8, 4) is 5.75 Å². The molecule has 3 rings (SSSR count). The van der Waals surface area contributed by atoms with Crippen molar-refractivity contribution in [2.75, 3.05) is 0 Å². The van der Waals surface area contributed by atoms with E-state index in [1.165, 1.54) is 44.2 Å². The quantitative estimate of drug-likeness (QED) is 0.829. The highest BCUT2D eigenvalue weighted by atomic mass is 19.1. The number of carbonyl (C=O) groups excluding carboxylic acids is 1. The first-order valence-electron chi connectivity index (χ1n) is 9.26. The second-order valence-electron chi connectivity index (χ2n) is 6.94. The van der Waals surface area contributed by atoms with Gasteiger partial charge >= 0.3 is 0 Å². The number of nitrogens with zero attached hydrogens (tertiary/aromatic N) is 1. The van der Waals surface area contributed by atoms with E-state index in [0.717, 1.165) is 0 Å². The fraction of sp³-hybridized carbons (Fsp3) is 0.429. The second kappa shape index (κ2) is 8.79. The maximum Gasteiger partial charge on any atom is 0.253 e. The van der Waals surface area contributed by atoms with E-state index in [-0.39, 0.29) is 24.4 Å². The van der Waals surface area contributed by atoms with E-state index >= 15 is 0 Å². The molecule has 0 aliphatic heterocycles. The van der Waals surface area contributed by atoms with Crippen LogP contribution in [0.3, 0.4) is 0 Å². The van der Waals surface area contributed by atoms with Gasteiger partial charge in [0, 0.05) is 18.3 Å². The predicted molar refractivity (Wildman–Crippen MR) is 98.5 cm³/mol. The Morgan fingerprint density at radius 3 is 2.77 bits per heavy atom. The number of hydrogen-bond acceptors (Lipinski definition) is 3. The van der Waals surface area contributed by atoms with Crippen molar-refractivity contribution < 1.29 is 13.9 Å². The van der Waals surface area contributed by atoms with Crippen molar-refractivity contribution in [1.29, 1.82) is 0 Å². The monoisotopic (exact) mass is 356 g/mol. The smallest absolute Gasteiger partial charge is 0.253 e. The molecular formula is C21H25FN2O2. The molecule has 2 aromatic rings. The van der Waals surface area contributed by atoms with E-state index in [9.17, 15) is 9.18 Å². The molecule has 1 N–H and O–H groups in total. The number of halogens is 1. The van der Waals surface area contributed by atoms with Crippen LogP contribution in [-0.2, 0) is 6.61 Å². The fourth-order valence-corrected chi connectivity index (χ4v) is 3.40. The van der Waals surface area contributed by atoms with Crippen LogP contribution in [0.4, 0.5) is 4.39 Å². The fourth-order valence-electron chi connectivity index (χ4n) is 3.40. The average molecular weight is 356 g/mol. The topological polar surface area (TPSA) is 51.2 Å². The lowest BCUT2D eigenvalue weighted by Gasteiger charge is -2.28. The van der Waals surface area contributed by atoms with E-state index in [1.54, 1.807) is 30.5 Å². The van der Waals surface area contributed by atoms with Crippen LogP contribution in [0.1, 0.15) is 55.1 Å². The Morgan fingerprint density at radius 1 is 1.27 bits per heavy atom. The van der Waals surface area contributed by atoms with E-state index in [0.29, 0.717) is 22.9 Å². The summed E-state index contributed by atoms with van der Waals surface area (Å²) in [6.07, 6.45) is 7.76. The van der Waals surface area contributed by atoms with Crippen LogP contribution in [0.2, 0.25) is 0 Å². The summed E-state index contributed by atoms with van der Waals surface area (Å²) in [7, 11) is 0. The van der Waals surface area contributed by atoms with E-state index in [1.807, 2.05) is 0 Å². The van der Waals surface area contributed by atoms with Crippen molar-refractivity contribution in [2.24, 2.45) is 5.92 Å². The van der Waals surface area contributed by atoms with Gasteiger partial charge in [-0.2, -0.15) is 0 Å². The van der Waals surface area contributed by atoms with Gasteiger partial charge in [-0.05, 0) is 49.9 Å². The highest BCUT2D eigenvalue weighted by Crippen LogP contribution is 2.26. The molecular weight excluding hydrogens is 331 g/mol. The normalized spacial score (nSPS) is 16.1. The summed E-state index contributed by atoms with van der Waals surface area (Å²) in [6.45, 7) is 2.31. The minimum Gasteiger partial charge on any atom is -0.487 e. The van der Waals surface area contributed by atoms with Gasteiger partial charge in [-0.25, -0.2) is 4.39 Å². The van der Waals surface area contributed by atoms with Crippen molar-refractivity contribution >= 4 is 5.91 Å². The maximum atomic E-state index is 13.1. The van der Waals surface area contributed by atoms with Gasteiger partial charge in [-0.1, -0.05) is 25.3 Å². The van der Waals surface area contributed by atoms with E-state index in [4.69, 9.17) is 4.74 Å². The molecule has 1 atom stereocenters. The summed E-state index contributed by atoms with van der Waals surface area (Å²) < 4.78 is 18.6. The predicted octanol–water partition coefficient (Wildman–Crippen LogP) is 4.50. The highest BCUT2D eigenvalue weighted by Gasteiger charge is 2.21. The highest BCUT2D eigenvalue weighted by molar-refractivity contribution is 5.94. The third-order valence-corrected chi connectivity index (χ3v) is 4.99. The molecule has 1 heterocycles. The van der Waals surface area contributed by atoms with Crippen LogP contribution in [-0.4, -0.2) is 16.9 Å². The first kappa shape index (κ1) is 18.4. The minimum atomic E-state index is -0.338. The van der Waals surface area contributed by atoms with E-state index < -0.39 is 0 Å². The molecule has 0 saturated heterocycles. The molecule has 0 bridgehead atoms. The van der Waals surface area contributed by atoms with Gasteiger partial charge in [-0.15, -0.1) is 0 Å². The van der Waals surface area contributed by atoms with Crippen LogP contribution < -0.4 is 10.1 Å². The molecule has 1 fully saturated rings. The van der Waals surface area contributed by atoms with Crippen LogP contribution in [0.15, 0.2) is 42.6 Å². The van der Waals surface area contributed by atoms with Crippen LogP contribution >= 0.6 is 0 Å². The zero-order valence-electron chi connectivity index (χ0n) is 15.1. The zero-order valence-corrected chi connectivity index (χ0v) is 15.1. The lowest BCUT2D eigenvalue weighted by Crippen LogP contribution is -2.38. The number of hydrogen-bond donors (Lipinski definition) is 1. The second-order valence-corrected chi connectivity index (χ2v) is 6.94. The Kier molecular flexibility index (Phi) is 6.21. The molecule has 0 radical (unpaired) electrons. The average Bonchev–Trinajstić information content (AvgIpc) is 2.67. The molecule has 1 amide bonds. The molecule has 26 heavy (non-hydrogen) atoms. The molecule has 1 aliphatic carbocycles. The number of benzene rings is 1. The Balaban J connectivity index is 1.52. The van der Waals surface area contributed by atoms with Crippen molar-refractivity contribution in [2.45, 2.75) is 51.7 Å². The van der Waals surface area contributed by atoms with Gasteiger partial charge in [0.1, 0.15) is 18.2 Å². The number of carbonyl (C=O) groups is 1. The largest absolute Gasteiger partial charge is 0.487 e. The molecule has 4 nitrogen and oxygen atoms in total. The zero-order chi connectivity index (χ0) is 18.4. The Bertz CT molecular complexity index is 727. The summed E-state index contributed by atoms with van der Waals surface area (Å²) in [5, 5.41) is 3.10. The molecule has 1 saturated carbocycles. The SMILES string of the molecule is C[C@@H](NC(=O)c1ccc(COc2cccc(F)c2)nc1)C1CCCCC1. The number of pyridine rings is 1. The maximum absolute atomic E-state index is 13.1. The van der Waals surface area contributed by atoms with Crippen molar-refractivity contribution in [3.63, 3.8) is 0 Å². The van der Waals surface area contributed by atoms with Gasteiger partial charge < -0.3 is 10.1 Å². The number of nitrogens with one attached hydrogen (secondary N) is 1. The lowest BCUT2D eigenvalue weighted by atomic mass is 9.84. The molecule has 1 aromatic heterocycles. The van der Waals surface area contributed by atoms with Crippen LogP contribution in [0.5, 0.6) is 5.75 Å². The Hall–Kier alpha value is -2.43. The summed E-state index contributed by atoms with van der Waals surface area (Å²) in [6, 6.07) is 9.68.